The van der Waals surface area contributed by atoms with E-state index in [9.17, 15) is 9.59 Å². The molecule has 2 aromatic carbocycles. The summed E-state index contributed by atoms with van der Waals surface area (Å²) in [5, 5.41) is 2.99. The molecule has 3 rings (SSSR count). The second-order valence-corrected chi connectivity index (χ2v) is 6.72. The van der Waals surface area contributed by atoms with Crippen LogP contribution in [0.15, 0.2) is 48.5 Å². The number of ether oxygens (including phenoxy) is 2. The first-order valence-electron chi connectivity index (χ1n) is 9.31. The molecule has 0 saturated carbocycles. The molecule has 0 aromatic heterocycles. The number of amides is 1. The molecule has 0 aliphatic heterocycles. The summed E-state index contributed by atoms with van der Waals surface area (Å²) in [6.45, 7) is -0.236. The number of fused-ring (bicyclic) bond motifs is 1. The lowest BCUT2D eigenvalue weighted by molar-refractivity contribution is -0.148. The Morgan fingerprint density at radius 1 is 1.11 bits per heavy atom. The Hall–Kier alpha value is -2.82. The van der Waals surface area contributed by atoms with Gasteiger partial charge < -0.3 is 14.8 Å². The predicted octanol–water partition coefficient (Wildman–Crippen LogP) is 3.36. The average Bonchev–Trinajstić information content (AvgIpc) is 2.71. The number of benzene rings is 2. The number of esters is 1. The highest BCUT2D eigenvalue weighted by atomic mass is 16.5. The molecule has 1 N–H and O–H groups in total. The van der Waals surface area contributed by atoms with Gasteiger partial charge in [-0.3, -0.25) is 9.59 Å². The molecule has 142 valence electrons. The number of hydrogen-bond donors (Lipinski definition) is 1. The standard InChI is InChI=1S/C22H25NO4/c1-26-18-12-9-16(10-13-18)11-14-22(25)27-15-21(24)23-20-8-4-6-17-5-2-3-7-19(17)20/h2-3,5,7,9-10,12-13,20H,4,6,8,11,14-15H2,1H3,(H,23,24)/t20-/m1/s1. The van der Waals surface area contributed by atoms with Gasteiger partial charge in [-0.05, 0) is 54.5 Å². The fourth-order valence-electron chi connectivity index (χ4n) is 3.40. The third-order valence-corrected chi connectivity index (χ3v) is 4.85. The van der Waals surface area contributed by atoms with Crippen LogP contribution in [0, 0.1) is 0 Å². The summed E-state index contributed by atoms with van der Waals surface area (Å²) in [5.74, 6) is 0.154. The number of aryl methyl sites for hydroxylation is 2. The van der Waals surface area contributed by atoms with Crippen LogP contribution in [0.2, 0.25) is 0 Å². The third-order valence-electron chi connectivity index (χ3n) is 4.85. The zero-order valence-corrected chi connectivity index (χ0v) is 15.6. The summed E-state index contributed by atoms with van der Waals surface area (Å²) in [6.07, 6.45) is 3.81. The summed E-state index contributed by atoms with van der Waals surface area (Å²) < 4.78 is 10.2. The van der Waals surface area contributed by atoms with E-state index in [0.29, 0.717) is 6.42 Å². The van der Waals surface area contributed by atoms with Gasteiger partial charge in [0.05, 0.1) is 13.2 Å². The van der Waals surface area contributed by atoms with E-state index >= 15 is 0 Å². The van der Waals surface area contributed by atoms with Crippen molar-refractivity contribution in [2.24, 2.45) is 0 Å². The molecule has 5 nitrogen and oxygen atoms in total. The second-order valence-electron chi connectivity index (χ2n) is 6.72. The molecule has 1 aliphatic carbocycles. The fraction of sp³-hybridized carbons (Fsp3) is 0.364. The maximum absolute atomic E-state index is 12.2. The summed E-state index contributed by atoms with van der Waals surface area (Å²) in [7, 11) is 1.61. The van der Waals surface area contributed by atoms with Crippen LogP contribution in [-0.2, 0) is 27.2 Å². The molecule has 1 amide bonds. The minimum atomic E-state index is -0.370. The molecular formula is C22H25NO4. The van der Waals surface area contributed by atoms with Crippen molar-refractivity contribution in [2.45, 2.75) is 38.1 Å². The van der Waals surface area contributed by atoms with Gasteiger partial charge in [0.2, 0.25) is 0 Å². The van der Waals surface area contributed by atoms with Crippen molar-refractivity contribution >= 4 is 11.9 Å². The van der Waals surface area contributed by atoms with E-state index in [1.165, 1.54) is 11.1 Å². The van der Waals surface area contributed by atoms with Crippen LogP contribution < -0.4 is 10.1 Å². The Labute approximate surface area is 159 Å². The normalized spacial score (nSPS) is 15.5. The van der Waals surface area contributed by atoms with Crippen molar-refractivity contribution in [1.82, 2.24) is 5.32 Å². The Balaban J connectivity index is 1.42. The lowest BCUT2D eigenvalue weighted by Crippen LogP contribution is -2.34. The first-order valence-corrected chi connectivity index (χ1v) is 9.31. The molecule has 5 heteroatoms. The molecular weight excluding hydrogens is 342 g/mol. The number of carbonyl (C=O) groups excluding carboxylic acids is 2. The van der Waals surface area contributed by atoms with Gasteiger partial charge in [0.1, 0.15) is 5.75 Å². The van der Waals surface area contributed by atoms with Crippen LogP contribution in [0.3, 0.4) is 0 Å². The molecule has 0 fully saturated rings. The van der Waals surface area contributed by atoms with Gasteiger partial charge in [-0.25, -0.2) is 0 Å². The number of carbonyl (C=O) groups is 2. The Bertz CT molecular complexity index is 785. The number of hydrogen-bond acceptors (Lipinski definition) is 4. The van der Waals surface area contributed by atoms with Gasteiger partial charge in [-0.1, -0.05) is 36.4 Å². The van der Waals surface area contributed by atoms with Crippen molar-refractivity contribution < 1.29 is 19.1 Å². The molecule has 0 saturated heterocycles. The van der Waals surface area contributed by atoms with E-state index in [2.05, 4.69) is 17.4 Å². The quantitative estimate of drug-likeness (QED) is 0.762. The van der Waals surface area contributed by atoms with Crippen molar-refractivity contribution in [2.75, 3.05) is 13.7 Å². The van der Waals surface area contributed by atoms with E-state index < -0.39 is 0 Å². The van der Waals surface area contributed by atoms with Crippen molar-refractivity contribution in [3.63, 3.8) is 0 Å². The van der Waals surface area contributed by atoms with Crippen LogP contribution in [0.25, 0.3) is 0 Å². The number of nitrogens with one attached hydrogen (secondary N) is 1. The van der Waals surface area contributed by atoms with E-state index in [4.69, 9.17) is 9.47 Å². The van der Waals surface area contributed by atoms with Gasteiger partial charge in [0, 0.05) is 6.42 Å². The molecule has 1 aliphatic rings. The van der Waals surface area contributed by atoms with Gasteiger partial charge >= 0.3 is 5.97 Å². The minimum Gasteiger partial charge on any atom is -0.497 e. The summed E-state index contributed by atoms with van der Waals surface area (Å²) >= 11 is 0. The third kappa shape index (κ3) is 5.33. The van der Waals surface area contributed by atoms with E-state index in [0.717, 1.165) is 30.6 Å². The minimum absolute atomic E-state index is 0.000418. The lowest BCUT2D eigenvalue weighted by atomic mass is 9.88. The maximum Gasteiger partial charge on any atom is 0.306 e. The first-order chi connectivity index (χ1) is 13.2. The molecule has 2 aromatic rings. The number of methoxy groups -OCH3 is 1. The SMILES string of the molecule is COc1ccc(CCC(=O)OCC(=O)N[C@@H]2CCCc3ccccc32)cc1. The zero-order valence-electron chi connectivity index (χ0n) is 15.6. The molecule has 0 bridgehead atoms. The van der Waals surface area contributed by atoms with Crippen LogP contribution in [-0.4, -0.2) is 25.6 Å². The van der Waals surface area contributed by atoms with E-state index in [1.54, 1.807) is 7.11 Å². The first kappa shape index (κ1) is 19.0. The smallest absolute Gasteiger partial charge is 0.306 e. The Kier molecular flexibility index (Phi) is 6.47. The summed E-state index contributed by atoms with van der Waals surface area (Å²) in [5.41, 5.74) is 3.48. The van der Waals surface area contributed by atoms with Crippen LogP contribution in [0.1, 0.15) is 42.0 Å². The van der Waals surface area contributed by atoms with Crippen LogP contribution in [0.4, 0.5) is 0 Å². The molecule has 27 heavy (non-hydrogen) atoms. The average molecular weight is 367 g/mol. The van der Waals surface area contributed by atoms with E-state index in [-0.39, 0.29) is 30.9 Å². The van der Waals surface area contributed by atoms with Gasteiger partial charge in [-0.15, -0.1) is 0 Å². The lowest BCUT2D eigenvalue weighted by Gasteiger charge is -2.26. The van der Waals surface area contributed by atoms with Gasteiger partial charge in [-0.2, -0.15) is 0 Å². The zero-order chi connectivity index (χ0) is 19.1. The van der Waals surface area contributed by atoms with Crippen molar-refractivity contribution in [3.05, 3.63) is 65.2 Å². The van der Waals surface area contributed by atoms with Crippen molar-refractivity contribution in [1.29, 1.82) is 0 Å². The fourth-order valence-corrected chi connectivity index (χ4v) is 3.40. The molecule has 1 atom stereocenters. The molecule has 0 radical (unpaired) electrons. The summed E-state index contributed by atoms with van der Waals surface area (Å²) in [6, 6.07) is 15.7. The highest BCUT2D eigenvalue weighted by Crippen LogP contribution is 2.29. The monoisotopic (exact) mass is 367 g/mol. The van der Waals surface area contributed by atoms with Gasteiger partial charge in [0.15, 0.2) is 6.61 Å². The molecule has 0 heterocycles. The Morgan fingerprint density at radius 2 is 1.89 bits per heavy atom. The maximum atomic E-state index is 12.2. The Morgan fingerprint density at radius 3 is 2.67 bits per heavy atom. The van der Waals surface area contributed by atoms with E-state index in [1.807, 2.05) is 36.4 Å². The topological polar surface area (TPSA) is 64.6 Å². The summed E-state index contributed by atoms with van der Waals surface area (Å²) in [4.78, 5) is 24.1. The second kappa shape index (κ2) is 9.21. The van der Waals surface area contributed by atoms with Crippen LogP contribution in [0.5, 0.6) is 5.75 Å². The van der Waals surface area contributed by atoms with Crippen molar-refractivity contribution in [3.8, 4) is 5.75 Å². The predicted molar refractivity (Wildman–Crippen MR) is 103 cm³/mol. The molecule has 0 unspecified atom stereocenters. The number of rotatable bonds is 7. The highest BCUT2D eigenvalue weighted by molar-refractivity contribution is 5.81. The van der Waals surface area contributed by atoms with Gasteiger partial charge in [0.25, 0.3) is 5.91 Å². The largest absolute Gasteiger partial charge is 0.497 e. The van der Waals surface area contributed by atoms with Crippen LogP contribution >= 0.6 is 0 Å². The molecule has 0 spiro atoms. The highest BCUT2D eigenvalue weighted by Gasteiger charge is 2.21.